The Morgan fingerprint density at radius 2 is 2.28 bits per heavy atom. The zero-order chi connectivity index (χ0) is 17.1. The van der Waals surface area contributed by atoms with Crippen molar-refractivity contribution in [1.29, 1.82) is 0 Å². The Morgan fingerprint density at radius 1 is 1.32 bits per heavy atom. The number of nitrogens with zero attached hydrogens (tertiary/aromatic N) is 3. The zero-order valence-electron chi connectivity index (χ0n) is 14.4. The lowest BCUT2D eigenvalue weighted by Crippen LogP contribution is -2.38. The molecular formula is C20H23N5. The average Bonchev–Trinajstić information content (AvgIpc) is 3.06. The molecule has 128 valence electrons. The summed E-state index contributed by atoms with van der Waals surface area (Å²) in [5.74, 6) is 0.923. The van der Waals surface area contributed by atoms with Crippen LogP contribution in [-0.4, -0.2) is 33.5 Å². The molecule has 25 heavy (non-hydrogen) atoms. The van der Waals surface area contributed by atoms with E-state index in [4.69, 9.17) is 4.98 Å². The van der Waals surface area contributed by atoms with Crippen molar-refractivity contribution in [1.82, 2.24) is 19.7 Å². The molecule has 4 rings (SSSR count). The molecule has 1 saturated heterocycles. The van der Waals surface area contributed by atoms with E-state index in [-0.39, 0.29) is 0 Å². The molecule has 1 aliphatic heterocycles. The fourth-order valence-corrected chi connectivity index (χ4v) is 3.32. The van der Waals surface area contributed by atoms with Gasteiger partial charge in [0.1, 0.15) is 11.5 Å². The highest BCUT2D eigenvalue weighted by atomic mass is 15.1. The topological polar surface area (TPSA) is 54.2 Å². The number of rotatable bonds is 4. The minimum absolute atomic E-state index is 0.446. The monoisotopic (exact) mass is 333 g/mol. The van der Waals surface area contributed by atoms with Crippen LogP contribution in [0, 0.1) is 0 Å². The second-order valence-corrected chi connectivity index (χ2v) is 6.43. The molecule has 1 fully saturated rings. The van der Waals surface area contributed by atoms with Crippen LogP contribution in [-0.2, 0) is 0 Å². The van der Waals surface area contributed by atoms with Gasteiger partial charge in [0.05, 0.1) is 17.6 Å². The Kier molecular flexibility index (Phi) is 4.48. The number of hydrogen-bond acceptors (Lipinski definition) is 4. The number of nitrogens with one attached hydrogen (secondary N) is 2. The number of imidazole rings is 1. The van der Waals surface area contributed by atoms with E-state index < -0.39 is 0 Å². The van der Waals surface area contributed by atoms with Crippen molar-refractivity contribution >= 4 is 17.5 Å². The fraction of sp³-hybridized carbons (Fsp3) is 0.300. The van der Waals surface area contributed by atoms with Gasteiger partial charge >= 0.3 is 0 Å². The third-order valence-corrected chi connectivity index (χ3v) is 4.56. The van der Waals surface area contributed by atoms with Crippen molar-refractivity contribution in [3.63, 3.8) is 0 Å². The van der Waals surface area contributed by atoms with Crippen LogP contribution in [0.5, 0.6) is 0 Å². The summed E-state index contributed by atoms with van der Waals surface area (Å²) in [6.45, 7) is 4.13. The summed E-state index contributed by atoms with van der Waals surface area (Å²) in [7, 11) is 0. The van der Waals surface area contributed by atoms with E-state index in [1.165, 1.54) is 12.8 Å². The van der Waals surface area contributed by atoms with Gasteiger partial charge in [0.2, 0.25) is 0 Å². The number of piperidine rings is 1. The molecule has 2 N–H and O–H groups in total. The van der Waals surface area contributed by atoms with E-state index in [1.54, 1.807) is 0 Å². The number of anilines is 1. The summed E-state index contributed by atoms with van der Waals surface area (Å²) in [5, 5.41) is 6.97. The van der Waals surface area contributed by atoms with Gasteiger partial charge in [-0.05, 0) is 56.1 Å². The molecule has 3 aromatic rings. The van der Waals surface area contributed by atoms with Crippen LogP contribution in [0.4, 0.5) is 5.82 Å². The maximum Gasteiger partial charge on any atom is 0.137 e. The largest absolute Gasteiger partial charge is 0.366 e. The Labute approximate surface area is 147 Å². The standard InChI is InChI=1S/C20H23N5/c1-2-5-15-9-11-25-18(14-22-20(25)12-15)17-7-3-8-19(24-17)23-16-6-4-10-21-13-16/h2-3,5,7-9,11-12,14,16,21H,4,6,10,13H2,1H3,(H,23,24)/b5-2+/t16-/m1/s1. The Morgan fingerprint density at radius 3 is 3.12 bits per heavy atom. The van der Waals surface area contributed by atoms with Gasteiger partial charge in [-0.2, -0.15) is 0 Å². The molecule has 0 amide bonds. The van der Waals surface area contributed by atoms with Crippen molar-refractivity contribution < 1.29 is 0 Å². The maximum absolute atomic E-state index is 4.80. The van der Waals surface area contributed by atoms with Crippen LogP contribution in [0.1, 0.15) is 25.3 Å². The smallest absolute Gasteiger partial charge is 0.137 e. The first-order valence-electron chi connectivity index (χ1n) is 8.88. The Bertz CT molecular complexity index is 890. The molecule has 0 radical (unpaired) electrons. The molecule has 0 aromatic carbocycles. The molecule has 0 saturated carbocycles. The number of allylic oxidation sites excluding steroid dienone is 1. The fourth-order valence-electron chi connectivity index (χ4n) is 3.32. The first kappa shape index (κ1) is 15.8. The van der Waals surface area contributed by atoms with Crippen molar-refractivity contribution in [2.24, 2.45) is 0 Å². The SMILES string of the molecule is C/C=C/c1ccn2c(-c3cccc(N[C@@H]4CCCNC4)n3)cnc2c1. The quantitative estimate of drug-likeness (QED) is 0.766. The number of hydrogen-bond donors (Lipinski definition) is 2. The van der Waals surface area contributed by atoms with Gasteiger partial charge in [0.15, 0.2) is 0 Å². The highest BCUT2D eigenvalue weighted by molar-refractivity contribution is 5.64. The van der Waals surface area contributed by atoms with Gasteiger partial charge in [0.25, 0.3) is 0 Å². The number of aromatic nitrogens is 3. The van der Waals surface area contributed by atoms with Crippen LogP contribution in [0.25, 0.3) is 23.1 Å². The van der Waals surface area contributed by atoms with Crippen LogP contribution in [0.15, 0.2) is 48.8 Å². The summed E-state index contributed by atoms with van der Waals surface area (Å²) >= 11 is 0. The van der Waals surface area contributed by atoms with E-state index in [1.807, 2.05) is 31.3 Å². The second-order valence-electron chi connectivity index (χ2n) is 6.43. The molecule has 0 unspecified atom stereocenters. The van der Waals surface area contributed by atoms with Gasteiger partial charge < -0.3 is 10.6 Å². The summed E-state index contributed by atoms with van der Waals surface area (Å²) in [6.07, 6.45) is 10.5. The van der Waals surface area contributed by atoms with Crippen LogP contribution >= 0.6 is 0 Å². The third-order valence-electron chi connectivity index (χ3n) is 4.56. The Balaban J connectivity index is 1.63. The van der Waals surface area contributed by atoms with E-state index in [2.05, 4.69) is 50.5 Å². The third kappa shape index (κ3) is 3.42. The highest BCUT2D eigenvalue weighted by Crippen LogP contribution is 2.22. The number of fused-ring (bicyclic) bond motifs is 1. The lowest BCUT2D eigenvalue weighted by atomic mass is 10.1. The van der Waals surface area contributed by atoms with E-state index in [0.29, 0.717) is 6.04 Å². The second kappa shape index (κ2) is 7.07. The lowest BCUT2D eigenvalue weighted by Gasteiger charge is -2.24. The average molecular weight is 333 g/mol. The summed E-state index contributed by atoms with van der Waals surface area (Å²) in [5.41, 5.74) is 4.02. The van der Waals surface area contributed by atoms with E-state index >= 15 is 0 Å². The van der Waals surface area contributed by atoms with Crippen LogP contribution in [0.2, 0.25) is 0 Å². The van der Waals surface area contributed by atoms with Gasteiger partial charge in [-0.25, -0.2) is 9.97 Å². The van der Waals surface area contributed by atoms with Gasteiger partial charge in [0, 0.05) is 18.8 Å². The molecule has 0 bridgehead atoms. The molecule has 4 heterocycles. The number of pyridine rings is 2. The Hall–Kier alpha value is -2.66. The van der Waals surface area contributed by atoms with E-state index in [9.17, 15) is 0 Å². The lowest BCUT2D eigenvalue weighted by molar-refractivity contribution is 0.479. The molecular weight excluding hydrogens is 310 g/mol. The molecule has 5 heteroatoms. The molecule has 0 spiro atoms. The van der Waals surface area contributed by atoms with Crippen molar-refractivity contribution in [2.45, 2.75) is 25.8 Å². The minimum Gasteiger partial charge on any atom is -0.366 e. The highest BCUT2D eigenvalue weighted by Gasteiger charge is 2.14. The zero-order valence-corrected chi connectivity index (χ0v) is 14.4. The normalized spacial score (nSPS) is 18.0. The summed E-state index contributed by atoms with van der Waals surface area (Å²) in [6, 6.07) is 10.7. The molecule has 5 nitrogen and oxygen atoms in total. The maximum atomic E-state index is 4.80. The predicted octanol–water partition coefficient (Wildman–Crippen LogP) is 3.59. The van der Waals surface area contributed by atoms with Gasteiger partial charge in [-0.1, -0.05) is 18.2 Å². The molecule has 0 aliphatic carbocycles. The van der Waals surface area contributed by atoms with E-state index in [0.717, 1.165) is 41.5 Å². The summed E-state index contributed by atoms with van der Waals surface area (Å²) in [4.78, 5) is 9.35. The summed E-state index contributed by atoms with van der Waals surface area (Å²) < 4.78 is 2.08. The van der Waals surface area contributed by atoms with Gasteiger partial charge in [-0.3, -0.25) is 4.40 Å². The van der Waals surface area contributed by atoms with Crippen molar-refractivity contribution in [3.05, 3.63) is 54.4 Å². The van der Waals surface area contributed by atoms with Crippen LogP contribution < -0.4 is 10.6 Å². The van der Waals surface area contributed by atoms with Crippen LogP contribution in [0.3, 0.4) is 0 Å². The first-order valence-corrected chi connectivity index (χ1v) is 8.88. The molecule has 1 atom stereocenters. The van der Waals surface area contributed by atoms with Crippen molar-refractivity contribution in [3.8, 4) is 11.4 Å². The predicted molar refractivity (Wildman–Crippen MR) is 103 cm³/mol. The molecule has 3 aromatic heterocycles. The van der Waals surface area contributed by atoms with Crippen molar-refractivity contribution in [2.75, 3.05) is 18.4 Å². The molecule has 1 aliphatic rings. The first-order chi connectivity index (χ1) is 12.3. The minimum atomic E-state index is 0.446. The van der Waals surface area contributed by atoms with Gasteiger partial charge in [-0.15, -0.1) is 0 Å².